The van der Waals surface area contributed by atoms with E-state index in [0.717, 1.165) is 30.6 Å². The van der Waals surface area contributed by atoms with E-state index in [2.05, 4.69) is 12.7 Å². The molecule has 0 amide bonds. The van der Waals surface area contributed by atoms with Gasteiger partial charge in [-0.05, 0) is 107 Å². The highest BCUT2D eigenvalue weighted by atomic mass is 19.2. The Hall–Kier alpha value is -1.62. The maximum atomic E-state index is 14.2. The van der Waals surface area contributed by atoms with E-state index in [4.69, 9.17) is 14.2 Å². The first kappa shape index (κ1) is 24.5. The minimum absolute atomic E-state index is 0.0569. The Kier molecular flexibility index (Phi) is 8.67. The summed E-state index contributed by atoms with van der Waals surface area (Å²) in [6.07, 6.45) is 15.2. The highest BCUT2D eigenvalue weighted by molar-refractivity contribution is 5.35. The molecule has 0 radical (unpaired) electrons. The van der Waals surface area contributed by atoms with E-state index in [1.165, 1.54) is 63.5 Å². The third-order valence-corrected chi connectivity index (χ3v) is 8.35. The van der Waals surface area contributed by atoms with Crippen LogP contribution in [0, 0.1) is 41.2 Å². The van der Waals surface area contributed by atoms with Crippen molar-refractivity contribution in [2.75, 3.05) is 19.8 Å². The highest BCUT2D eigenvalue weighted by Gasteiger charge is 2.35. The standard InChI is InChI=1S/C28H40F2O3/c1-3-19-5-8-21(9-6-19)22-10-12-23(13-11-22)24-14-7-20(17-32-24)18-33-26-16-15-25(31-4-2)27(29)28(26)30/h3,15-16,19-24H,1,4-14,17-18H2,2H3. The van der Waals surface area contributed by atoms with Gasteiger partial charge in [-0.2, -0.15) is 8.78 Å². The van der Waals surface area contributed by atoms with E-state index < -0.39 is 11.6 Å². The molecule has 0 spiro atoms. The second kappa shape index (κ2) is 11.7. The molecule has 184 valence electrons. The summed E-state index contributed by atoms with van der Waals surface area (Å²) in [4.78, 5) is 0. The minimum atomic E-state index is -0.987. The Balaban J connectivity index is 1.17. The summed E-state index contributed by atoms with van der Waals surface area (Å²) in [6.45, 7) is 6.98. The number of allylic oxidation sites excluding steroid dienone is 1. The fourth-order valence-corrected chi connectivity index (χ4v) is 6.27. The fourth-order valence-electron chi connectivity index (χ4n) is 6.27. The second-order valence-electron chi connectivity index (χ2n) is 10.3. The van der Waals surface area contributed by atoms with Crippen LogP contribution in [0.15, 0.2) is 24.8 Å². The van der Waals surface area contributed by atoms with Crippen LogP contribution in [-0.4, -0.2) is 25.9 Å². The van der Waals surface area contributed by atoms with Crippen molar-refractivity contribution in [1.82, 2.24) is 0 Å². The summed E-state index contributed by atoms with van der Waals surface area (Å²) in [5.74, 6) is 1.35. The Bertz CT molecular complexity index is 759. The number of ether oxygens (including phenoxy) is 3. The normalized spacial score (nSPS) is 32.8. The Morgan fingerprint density at radius 1 is 0.848 bits per heavy atom. The fraction of sp³-hybridized carbons (Fsp3) is 0.714. The zero-order chi connectivity index (χ0) is 23.2. The van der Waals surface area contributed by atoms with Crippen LogP contribution in [0.25, 0.3) is 0 Å². The van der Waals surface area contributed by atoms with Crippen molar-refractivity contribution in [1.29, 1.82) is 0 Å². The van der Waals surface area contributed by atoms with Crippen LogP contribution in [-0.2, 0) is 4.74 Å². The highest BCUT2D eigenvalue weighted by Crippen LogP contribution is 2.43. The first-order chi connectivity index (χ1) is 16.1. The molecule has 1 aromatic rings. The lowest BCUT2D eigenvalue weighted by Crippen LogP contribution is -2.36. The number of rotatable bonds is 8. The summed E-state index contributed by atoms with van der Waals surface area (Å²) < 4.78 is 45.2. The van der Waals surface area contributed by atoms with Crippen LogP contribution in [0.2, 0.25) is 0 Å². The molecule has 2 aliphatic carbocycles. The molecule has 0 aromatic heterocycles. The predicted octanol–water partition coefficient (Wildman–Crippen LogP) is 7.34. The topological polar surface area (TPSA) is 27.7 Å². The van der Waals surface area contributed by atoms with Crippen LogP contribution in [0.1, 0.15) is 71.1 Å². The predicted molar refractivity (Wildman–Crippen MR) is 127 cm³/mol. The molecule has 3 nitrogen and oxygen atoms in total. The summed E-state index contributed by atoms with van der Waals surface area (Å²) in [5.41, 5.74) is 0. The smallest absolute Gasteiger partial charge is 0.204 e. The lowest BCUT2D eigenvalue weighted by molar-refractivity contribution is -0.0675. The van der Waals surface area contributed by atoms with E-state index in [1.807, 2.05) is 0 Å². The van der Waals surface area contributed by atoms with Gasteiger partial charge in [0.2, 0.25) is 11.6 Å². The lowest BCUT2D eigenvalue weighted by atomic mass is 9.68. The van der Waals surface area contributed by atoms with Gasteiger partial charge in [0.15, 0.2) is 11.5 Å². The van der Waals surface area contributed by atoms with E-state index in [9.17, 15) is 8.78 Å². The minimum Gasteiger partial charge on any atom is -0.491 e. The molecule has 0 N–H and O–H groups in total. The van der Waals surface area contributed by atoms with Crippen LogP contribution < -0.4 is 9.47 Å². The summed E-state index contributed by atoms with van der Waals surface area (Å²) in [6, 6.07) is 2.87. The van der Waals surface area contributed by atoms with Gasteiger partial charge in [0.1, 0.15) is 0 Å². The average molecular weight is 463 g/mol. The van der Waals surface area contributed by atoms with Gasteiger partial charge >= 0.3 is 0 Å². The van der Waals surface area contributed by atoms with Crippen molar-refractivity contribution in [3.8, 4) is 11.5 Å². The van der Waals surface area contributed by atoms with Gasteiger partial charge in [0.25, 0.3) is 0 Å². The van der Waals surface area contributed by atoms with Crippen molar-refractivity contribution in [3.05, 3.63) is 36.4 Å². The summed E-state index contributed by atoms with van der Waals surface area (Å²) >= 11 is 0. The molecule has 2 saturated carbocycles. The molecule has 1 aliphatic heterocycles. The molecule has 2 atom stereocenters. The van der Waals surface area contributed by atoms with Crippen molar-refractivity contribution in [2.24, 2.45) is 29.6 Å². The van der Waals surface area contributed by atoms with Crippen molar-refractivity contribution >= 4 is 0 Å². The van der Waals surface area contributed by atoms with Gasteiger partial charge < -0.3 is 14.2 Å². The molecule has 1 aromatic carbocycles. The van der Waals surface area contributed by atoms with Crippen molar-refractivity contribution in [3.63, 3.8) is 0 Å². The van der Waals surface area contributed by atoms with E-state index in [-0.39, 0.29) is 24.0 Å². The maximum absolute atomic E-state index is 14.2. The number of halogens is 2. The van der Waals surface area contributed by atoms with E-state index >= 15 is 0 Å². The molecule has 2 unspecified atom stereocenters. The molecule has 33 heavy (non-hydrogen) atoms. The molecular formula is C28H40F2O3. The first-order valence-corrected chi connectivity index (χ1v) is 13.1. The Labute approximate surface area is 197 Å². The number of hydrogen-bond acceptors (Lipinski definition) is 3. The van der Waals surface area contributed by atoms with Crippen LogP contribution in [0.4, 0.5) is 8.78 Å². The van der Waals surface area contributed by atoms with Crippen LogP contribution in [0.3, 0.4) is 0 Å². The van der Waals surface area contributed by atoms with E-state index in [1.54, 1.807) is 6.92 Å². The number of hydrogen-bond donors (Lipinski definition) is 0. The zero-order valence-electron chi connectivity index (χ0n) is 20.1. The third-order valence-electron chi connectivity index (χ3n) is 8.35. The maximum Gasteiger partial charge on any atom is 0.204 e. The molecule has 5 heteroatoms. The SMILES string of the molecule is C=CC1CCC(C2CCC(C3CCC(COc4ccc(OCC)c(F)c4F)CO3)CC2)CC1. The summed E-state index contributed by atoms with van der Waals surface area (Å²) in [7, 11) is 0. The molecular weight excluding hydrogens is 422 g/mol. The van der Waals surface area contributed by atoms with Crippen molar-refractivity contribution < 1.29 is 23.0 Å². The van der Waals surface area contributed by atoms with Crippen LogP contribution >= 0.6 is 0 Å². The molecule has 3 fully saturated rings. The monoisotopic (exact) mass is 462 g/mol. The zero-order valence-corrected chi connectivity index (χ0v) is 20.1. The Morgan fingerprint density at radius 3 is 1.97 bits per heavy atom. The Morgan fingerprint density at radius 2 is 1.42 bits per heavy atom. The first-order valence-electron chi connectivity index (χ1n) is 13.1. The van der Waals surface area contributed by atoms with Crippen molar-refractivity contribution in [2.45, 2.75) is 77.2 Å². The van der Waals surface area contributed by atoms with Gasteiger partial charge in [-0.3, -0.25) is 0 Å². The van der Waals surface area contributed by atoms with Gasteiger partial charge in [-0.15, -0.1) is 6.58 Å². The summed E-state index contributed by atoms with van der Waals surface area (Å²) in [5, 5.41) is 0. The largest absolute Gasteiger partial charge is 0.491 e. The average Bonchev–Trinajstić information content (AvgIpc) is 2.87. The lowest BCUT2D eigenvalue weighted by Gasteiger charge is -2.41. The van der Waals surface area contributed by atoms with Gasteiger partial charge in [0, 0.05) is 5.92 Å². The third kappa shape index (κ3) is 6.09. The van der Waals surface area contributed by atoms with Crippen LogP contribution in [0.5, 0.6) is 11.5 Å². The van der Waals surface area contributed by atoms with E-state index in [0.29, 0.717) is 25.2 Å². The van der Waals surface area contributed by atoms with Gasteiger partial charge in [-0.25, -0.2) is 0 Å². The van der Waals surface area contributed by atoms with Gasteiger partial charge in [-0.1, -0.05) is 6.08 Å². The molecule has 3 aliphatic rings. The molecule has 1 saturated heterocycles. The molecule has 1 heterocycles. The number of benzene rings is 1. The molecule has 4 rings (SSSR count). The molecule has 0 bridgehead atoms. The van der Waals surface area contributed by atoms with Gasteiger partial charge in [0.05, 0.1) is 25.9 Å². The quantitative estimate of drug-likeness (QED) is 0.378. The second-order valence-corrected chi connectivity index (χ2v) is 10.3.